The topological polar surface area (TPSA) is 92.4 Å². The van der Waals surface area contributed by atoms with Gasteiger partial charge in [-0.15, -0.1) is 0 Å². The van der Waals surface area contributed by atoms with E-state index in [1.54, 1.807) is 6.92 Å². The number of hydrogen-bond acceptors (Lipinski definition) is 4. The third kappa shape index (κ3) is 4.57. The van der Waals surface area contributed by atoms with Gasteiger partial charge >= 0.3 is 5.97 Å². The Morgan fingerprint density at radius 1 is 1.28 bits per heavy atom. The molecule has 1 rings (SSSR count). The molecule has 6 nitrogen and oxygen atoms in total. The van der Waals surface area contributed by atoms with E-state index in [0.29, 0.717) is 31.6 Å². The molecule has 100 valence electrons. The van der Waals surface area contributed by atoms with Gasteiger partial charge in [0.2, 0.25) is 5.91 Å². The lowest BCUT2D eigenvalue weighted by atomic mass is 10.1. The largest absolute Gasteiger partial charge is 0.481 e. The second-order valence-corrected chi connectivity index (χ2v) is 4.18. The summed E-state index contributed by atoms with van der Waals surface area (Å²) in [6.45, 7) is 4.03. The zero-order chi connectivity index (χ0) is 13.5. The second-order valence-electron chi connectivity index (χ2n) is 4.18. The summed E-state index contributed by atoms with van der Waals surface area (Å²) in [5.41, 5.74) is 1.67. The molecular formula is C12H18N2O4. The van der Waals surface area contributed by atoms with Gasteiger partial charge in [0.15, 0.2) is 0 Å². The number of nitrogens with zero attached hydrogens (tertiary/aromatic N) is 1. The Labute approximate surface area is 105 Å². The molecule has 1 aromatic heterocycles. The van der Waals surface area contributed by atoms with Gasteiger partial charge in [0.25, 0.3) is 0 Å². The van der Waals surface area contributed by atoms with E-state index in [2.05, 4.69) is 10.5 Å². The van der Waals surface area contributed by atoms with Crippen LogP contribution in [0.15, 0.2) is 4.52 Å². The fourth-order valence-electron chi connectivity index (χ4n) is 1.59. The number of rotatable bonds is 7. The second kappa shape index (κ2) is 6.78. The molecule has 18 heavy (non-hydrogen) atoms. The van der Waals surface area contributed by atoms with Crippen LogP contribution >= 0.6 is 0 Å². The molecule has 1 aromatic rings. The highest BCUT2D eigenvalue weighted by Crippen LogP contribution is 2.11. The smallest absolute Gasteiger partial charge is 0.303 e. The van der Waals surface area contributed by atoms with Crippen LogP contribution < -0.4 is 5.32 Å². The predicted molar refractivity (Wildman–Crippen MR) is 63.9 cm³/mol. The molecule has 0 atom stereocenters. The van der Waals surface area contributed by atoms with Crippen molar-refractivity contribution in [2.75, 3.05) is 0 Å². The molecule has 0 aliphatic carbocycles. The number of unbranched alkanes of at least 4 members (excludes halogenated alkanes) is 1. The number of hydrogen-bond donors (Lipinski definition) is 2. The van der Waals surface area contributed by atoms with Crippen molar-refractivity contribution in [1.82, 2.24) is 10.5 Å². The van der Waals surface area contributed by atoms with Crippen LogP contribution in [0.2, 0.25) is 0 Å². The molecule has 0 saturated carbocycles. The van der Waals surface area contributed by atoms with Crippen molar-refractivity contribution in [3.05, 3.63) is 17.0 Å². The number of aromatic nitrogens is 1. The summed E-state index contributed by atoms with van der Waals surface area (Å²) < 4.78 is 4.99. The quantitative estimate of drug-likeness (QED) is 0.720. The standard InChI is InChI=1S/C12H18N2O4/c1-8-10(9(2)18-14-8)7-13-11(15)5-3-4-6-12(16)17/h3-7H2,1-2H3,(H,13,15)(H,16,17). The molecule has 0 aliphatic rings. The molecule has 0 aromatic carbocycles. The van der Waals surface area contributed by atoms with Crippen LogP contribution in [0.4, 0.5) is 0 Å². The van der Waals surface area contributed by atoms with Gasteiger partial charge in [0.05, 0.1) is 5.69 Å². The van der Waals surface area contributed by atoms with Crippen LogP contribution in [-0.2, 0) is 16.1 Å². The maximum atomic E-state index is 11.5. The van der Waals surface area contributed by atoms with Gasteiger partial charge in [-0.3, -0.25) is 9.59 Å². The highest BCUT2D eigenvalue weighted by molar-refractivity contribution is 5.76. The maximum Gasteiger partial charge on any atom is 0.303 e. The number of carboxylic acids is 1. The van der Waals surface area contributed by atoms with E-state index >= 15 is 0 Å². The normalized spacial score (nSPS) is 10.3. The van der Waals surface area contributed by atoms with Gasteiger partial charge < -0.3 is 14.9 Å². The van der Waals surface area contributed by atoms with E-state index < -0.39 is 5.97 Å². The Morgan fingerprint density at radius 2 is 1.94 bits per heavy atom. The number of nitrogens with one attached hydrogen (secondary N) is 1. The molecular weight excluding hydrogens is 236 g/mol. The Hall–Kier alpha value is -1.85. The summed E-state index contributed by atoms with van der Waals surface area (Å²) in [4.78, 5) is 21.8. The minimum absolute atomic E-state index is 0.0830. The molecule has 0 spiro atoms. The fraction of sp³-hybridized carbons (Fsp3) is 0.583. The molecule has 6 heteroatoms. The van der Waals surface area contributed by atoms with Gasteiger partial charge in [0, 0.05) is 24.9 Å². The lowest BCUT2D eigenvalue weighted by molar-refractivity contribution is -0.137. The summed E-state index contributed by atoms with van der Waals surface area (Å²) in [7, 11) is 0. The van der Waals surface area contributed by atoms with Crippen molar-refractivity contribution < 1.29 is 19.2 Å². The van der Waals surface area contributed by atoms with E-state index in [-0.39, 0.29) is 12.3 Å². The van der Waals surface area contributed by atoms with E-state index in [9.17, 15) is 9.59 Å². The minimum Gasteiger partial charge on any atom is -0.481 e. The average molecular weight is 254 g/mol. The number of amides is 1. The number of carbonyl (C=O) groups is 2. The monoisotopic (exact) mass is 254 g/mol. The van der Waals surface area contributed by atoms with Gasteiger partial charge in [-0.1, -0.05) is 5.16 Å². The van der Waals surface area contributed by atoms with Crippen LogP contribution in [0.3, 0.4) is 0 Å². The van der Waals surface area contributed by atoms with Crippen molar-refractivity contribution in [2.45, 2.75) is 46.1 Å². The molecule has 1 heterocycles. The average Bonchev–Trinajstić information content (AvgIpc) is 2.62. The first-order valence-electron chi connectivity index (χ1n) is 5.91. The highest BCUT2D eigenvalue weighted by atomic mass is 16.5. The SMILES string of the molecule is Cc1noc(C)c1CNC(=O)CCCCC(=O)O. The minimum atomic E-state index is -0.828. The van der Waals surface area contributed by atoms with Crippen LogP contribution in [0, 0.1) is 13.8 Å². The number of aliphatic carboxylic acids is 1. The van der Waals surface area contributed by atoms with Gasteiger partial charge in [-0.2, -0.15) is 0 Å². The van der Waals surface area contributed by atoms with E-state index in [4.69, 9.17) is 9.63 Å². The molecule has 2 N–H and O–H groups in total. The third-order valence-corrected chi connectivity index (χ3v) is 2.69. The van der Waals surface area contributed by atoms with Gasteiger partial charge in [-0.05, 0) is 26.7 Å². The van der Waals surface area contributed by atoms with Crippen molar-refractivity contribution in [3.8, 4) is 0 Å². The Bertz CT molecular complexity index is 406. The maximum absolute atomic E-state index is 11.5. The summed E-state index contributed by atoms with van der Waals surface area (Å²) in [5, 5.41) is 15.0. The highest BCUT2D eigenvalue weighted by Gasteiger charge is 2.10. The zero-order valence-electron chi connectivity index (χ0n) is 10.7. The van der Waals surface area contributed by atoms with E-state index in [0.717, 1.165) is 11.3 Å². The summed E-state index contributed by atoms with van der Waals surface area (Å²) in [6, 6.07) is 0. The molecule has 0 saturated heterocycles. The van der Waals surface area contributed by atoms with E-state index in [1.807, 2.05) is 6.92 Å². The predicted octanol–water partition coefficient (Wildman–Crippen LogP) is 1.55. The number of aryl methyl sites for hydroxylation is 2. The van der Waals surface area contributed by atoms with Crippen molar-refractivity contribution in [3.63, 3.8) is 0 Å². The Kier molecular flexibility index (Phi) is 5.35. The number of carbonyl (C=O) groups excluding carboxylic acids is 1. The molecule has 0 unspecified atom stereocenters. The number of carboxylic acid groups (broad SMARTS) is 1. The molecule has 0 radical (unpaired) electrons. The van der Waals surface area contributed by atoms with Gasteiger partial charge in [0.1, 0.15) is 5.76 Å². The summed E-state index contributed by atoms with van der Waals surface area (Å²) in [5.74, 6) is -0.204. The lowest BCUT2D eigenvalue weighted by Crippen LogP contribution is -2.22. The van der Waals surface area contributed by atoms with Crippen LogP contribution in [0.1, 0.15) is 42.7 Å². The fourth-order valence-corrected chi connectivity index (χ4v) is 1.59. The molecule has 0 bridgehead atoms. The van der Waals surface area contributed by atoms with Crippen molar-refractivity contribution in [1.29, 1.82) is 0 Å². The van der Waals surface area contributed by atoms with Crippen LogP contribution in [-0.4, -0.2) is 22.1 Å². The first-order valence-corrected chi connectivity index (χ1v) is 5.91. The van der Waals surface area contributed by atoms with Crippen LogP contribution in [0.25, 0.3) is 0 Å². The first kappa shape index (κ1) is 14.2. The van der Waals surface area contributed by atoms with Crippen molar-refractivity contribution >= 4 is 11.9 Å². The lowest BCUT2D eigenvalue weighted by Gasteiger charge is -2.04. The summed E-state index contributed by atoms with van der Waals surface area (Å²) in [6.07, 6.45) is 1.56. The molecule has 0 fully saturated rings. The van der Waals surface area contributed by atoms with Crippen LogP contribution in [0.5, 0.6) is 0 Å². The molecule has 0 aliphatic heterocycles. The molecule has 1 amide bonds. The van der Waals surface area contributed by atoms with E-state index in [1.165, 1.54) is 0 Å². The zero-order valence-corrected chi connectivity index (χ0v) is 10.7. The third-order valence-electron chi connectivity index (χ3n) is 2.69. The first-order chi connectivity index (χ1) is 8.50. The Morgan fingerprint density at radius 3 is 2.50 bits per heavy atom. The van der Waals surface area contributed by atoms with Crippen molar-refractivity contribution in [2.24, 2.45) is 0 Å². The summed E-state index contributed by atoms with van der Waals surface area (Å²) >= 11 is 0. The van der Waals surface area contributed by atoms with Gasteiger partial charge in [-0.25, -0.2) is 0 Å². The Balaban J connectivity index is 2.23.